The molecule has 1 rings (SSSR count). The molecule has 1 aliphatic heterocycles. The van der Waals surface area contributed by atoms with Gasteiger partial charge in [0.05, 0.1) is 25.7 Å². The summed E-state index contributed by atoms with van der Waals surface area (Å²) in [6.45, 7) is 11.8. The van der Waals surface area contributed by atoms with Crippen LogP contribution in [-0.2, 0) is 33.3 Å². The van der Waals surface area contributed by atoms with Crippen molar-refractivity contribution in [2.24, 2.45) is 11.8 Å². The Labute approximate surface area is 400 Å². The number of unbranched alkanes of at least 4 members (excludes halogenated alkanes) is 18. The first-order valence-electron chi connectivity index (χ1n) is 27.2. The number of ether oxygens (including phenoxy) is 4. The minimum atomic E-state index is -0.685. The molecule has 0 aliphatic carbocycles. The summed E-state index contributed by atoms with van der Waals surface area (Å²) in [5, 5.41) is 26.5. The summed E-state index contributed by atoms with van der Waals surface area (Å²) in [6, 6.07) is 0. The predicted octanol–water partition coefficient (Wildman–Crippen LogP) is 12.8. The topological polar surface area (TPSA) is 152 Å². The van der Waals surface area contributed by atoms with Crippen LogP contribution in [0.2, 0.25) is 0 Å². The monoisotopic (exact) mass is 930 g/mol. The van der Waals surface area contributed by atoms with E-state index in [2.05, 4.69) is 27.7 Å². The highest BCUT2D eigenvalue weighted by Crippen LogP contribution is 2.23. The molecule has 0 bridgehead atoms. The van der Waals surface area contributed by atoms with Gasteiger partial charge < -0.3 is 39.2 Å². The van der Waals surface area contributed by atoms with Gasteiger partial charge >= 0.3 is 17.9 Å². The van der Waals surface area contributed by atoms with E-state index >= 15 is 0 Å². The molecule has 0 spiro atoms. The Hall–Kier alpha value is -1.79. The molecule has 0 radical (unpaired) electrons. The van der Waals surface area contributed by atoms with Crippen LogP contribution >= 0.6 is 0 Å². The number of carbonyl (C=O) groups excluding carboxylic acids is 3. The van der Waals surface area contributed by atoms with Crippen LogP contribution < -0.4 is 0 Å². The summed E-state index contributed by atoms with van der Waals surface area (Å²) >= 11 is 0. The Bertz CT molecular complexity index is 938. The highest BCUT2D eigenvalue weighted by atomic mass is 16.6. The van der Waals surface area contributed by atoms with Crippen LogP contribution in [0.3, 0.4) is 0 Å². The fourth-order valence-corrected chi connectivity index (χ4v) is 7.98. The quantitative estimate of drug-likeness (QED) is 0.0304. The maximum atomic E-state index is 11.8. The van der Waals surface area contributed by atoms with Crippen molar-refractivity contribution in [3.05, 3.63) is 0 Å². The average molecular weight is 930 g/mol. The number of rotatable bonds is 43. The molecule has 0 aromatic heterocycles. The molecule has 388 valence electrons. The zero-order valence-corrected chi connectivity index (χ0v) is 43.4. The van der Waals surface area contributed by atoms with Crippen molar-refractivity contribution < 1.29 is 48.7 Å². The molecule has 2 atom stereocenters. The number of hydrogen-bond donors (Lipinski definition) is 3. The van der Waals surface area contributed by atoms with E-state index in [0.717, 1.165) is 108 Å². The smallest absolute Gasteiger partial charge is 0.307 e. The molecule has 1 fully saturated rings. The number of carbonyl (C=O) groups is 3. The zero-order valence-electron chi connectivity index (χ0n) is 43.4. The van der Waals surface area contributed by atoms with Gasteiger partial charge in [-0.05, 0) is 70.9 Å². The predicted molar refractivity (Wildman–Crippen MR) is 268 cm³/mol. The van der Waals surface area contributed by atoms with Crippen molar-refractivity contribution in [3.63, 3.8) is 0 Å². The molecule has 1 saturated heterocycles. The van der Waals surface area contributed by atoms with Crippen molar-refractivity contribution in [2.45, 2.75) is 265 Å². The zero-order chi connectivity index (χ0) is 48.4. The standard InChI is InChI=1S/2C22H44O3.C10H19NO4/c2*1-3-5-11-15-21(16-12-6-4-2)18-20-25-22(24)17-13-9-7-8-10-14-19-23;1-11(2)6-5-9(12)14-7-8-3-4-10(13)15-8/h2*21,23H,3-20H2,1-2H3;8,10,13H,3-7H2,1-2H3/t;;8-,10+/m..0/s1. The molecule has 3 N–H and O–H groups in total. The highest BCUT2D eigenvalue weighted by Gasteiger charge is 2.24. The van der Waals surface area contributed by atoms with Crippen LogP contribution in [0.15, 0.2) is 0 Å². The Kier molecular flexibility index (Phi) is 51.8. The van der Waals surface area contributed by atoms with E-state index in [0.29, 0.717) is 58.7 Å². The van der Waals surface area contributed by atoms with Crippen LogP contribution in [0.1, 0.15) is 252 Å². The number of esters is 3. The van der Waals surface area contributed by atoms with Gasteiger partial charge in [0.25, 0.3) is 0 Å². The Morgan fingerprint density at radius 3 is 1.20 bits per heavy atom. The molecule has 1 aliphatic rings. The third-order valence-electron chi connectivity index (χ3n) is 12.3. The second-order valence-corrected chi connectivity index (χ2v) is 18.9. The van der Waals surface area contributed by atoms with Gasteiger partial charge in [0.15, 0.2) is 6.29 Å². The average Bonchev–Trinajstić information content (AvgIpc) is 3.72. The first kappa shape index (κ1) is 65.3. The molecule has 0 amide bonds. The van der Waals surface area contributed by atoms with Gasteiger partial charge in [-0.1, -0.05) is 182 Å². The number of aliphatic hydroxyl groups is 3. The second-order valence-electron chi connectivity index (χ2n) is 18.9. The largest absolute Gasteiger partial charge is 0.466 e. The second kappa shape index (κ2) is 51.6. The van der Waals surface area contributed by atoms with Crippen molar-refractivity contribution in [3.8, 4) is 0 Å². The van der Waals surface area contributed by atoms with Gasteiger partial charge in [-0.15, -0.1) is 0 Å². The summed E-state index contributed by atoms with van der Waals surface area (Å²) in [7, 11) is 3.81. The maximum absolute atomic E-state index is 11.8. The molecular formula is C54H107NO10. The van der Waals surface area contributed by atoms with E-state index in [1.165, 1.54) is 103 Å². The SMILES string of the molecule is CCCCCC(CCCCC)CCOC(=O)CCCCCCCCO.CCCCCC(CCCCC)CCOC(=O)CCCCCCCCO.CN(C)CCC(=O)OC[C@@H]1CC[C@H](O)O1. The number of nitrogens with zero attached hydrogens (tertiary/aromatic N) is 1. The molecule has 11 nitrogen and oxygen atoms in total. The Balaban J connectivity index is 0. The number of hydrogen-bond acceptors (Lipinski definition) is 11. The van der Waals surface area contributed by atoms with Crippen LogP contribution in [-0.4, -0.2) is 104 Å². The molecular weight excluding hydrogens is 823 g/mol. The van der Waals surface area contributed by atoms with Gasteiger partial charge in [-0.3, -0.25) is 14.4 Å². The van der Waals surface area contributed by atoms with Crippen LogP contribution in [0.25, 0.3) is 0 Å². The van der Waals surface area contributed by atoms with Crippen molar-refractivity contribution in [1.82, 2.24) is 4.90 Å². The summed E-state index contributed by atoms with van der Waals surface area (Å²) in [6.07, 6.45) is 37.7. The van der Waals surface area contributed by atoms with E-state index in [-0.39, 0.29) is 30.6 Å². The minimum Gasteiger partial charge on any atom is -0.466 e. The molecule has 11 heteroatoms. The lowest BCUT2D eigenvalue weighted by atomic mass is 9.92. The highest BCUT2D eigenvalue weighted by molar-refractivity contribution is 5.70. The van der Waals surface area contributed by atoms with E-state index in [1.807, 2.05) is 19.0 Å². The Morgan fingerprint density at radius 1 is 0.492 bits per heavy atom. The fourth-order valence-electron chi connectivity index (χ4n) is 7.98. The van der Waals surface area contributed by atoms with Gasteiger partial charge in [-0.2, -0.15) is 0 Å². The third kappa shape index (κ3) is 49.9. The first-order valence-corrected chi connectivity index (χ1v) is 27.2. The lowest BCUT2D eigenvalue weighted by Crippen LogP contribution is -2.22. The van der Waals surface area contributed by atoms with E-state index in [1.54, 1.807) is 0 Å². The third-order valence-corrected chi connectivity index (χ3v) is 12.3. The molecule has 0 saturated carbocycles. The first-order chi connectivity index (χ1) is 31.6. The molecule has 65 heavy (non-hydrogen) atoms. The molecule has 0 unspecified atom stereocenters. The summed E-state index contributed by atoms with van der Waals surface area (Å²) in [5.74, 6) is 1.22. The normalized spacial score (nSPS) is 14.6. The Morgan fingerprint density at radius 2 is 0.862 bits per heavy atom. The van der Waals surface area contributed by atoms with E-state index in [4.69, 9.17) is 34.3 Å². The van der Waals surface area contributed by atoms with Crippen molar-refractivity contribution >= 4 is 17.9 Å². The van der Waals surface area contributed by atoms with Crippen LogP contribution in [0, 0.1) is 11.8 Å². The van der Waals surface area contributed by atoms with E-state index in [9.17, 15) is 14.4 Å². The van der Waals surface area contributed by atoms with Gasteiger partial charge in [0.2, 0.25) is 0 Å². The maximum Gasteiger partial charge on any atom is 0.307 e. The van der Waals surface area contributed by atoms with Crippen molar-refractivity contribution in [2.75, 3.05) is 53.7 Å². The summed E-state index contributed by atoms with van der Waals surface area (Å²) in [4.78, 5) is 36.8. The summed E-state index contributed by atoms with van der Waals surface area (Å²) < 4.78 is 21.0. The van der Waals surface area contributed by atoms with E-state index < -0.39 is 6.29 Å². The number of aliphatic hydroxyl groups excluding tert-OH is 3. The van der Waals surface area contributed by atoms with Gasteiger partial charge in [0, 0.05) is 39.0 Å². The molecule has 0 aromatic rings. The molecule has 0 aromatic carbocycles. The fraction of sp³-hybridized carbons (Fsp3) is 0.944. The summed E-state index contributed by atoms with van der Waals surface area (Å²) in [5.41, 5.74) is 0. The van der Waals surface area contributed by atoms with Crippen LogP contribution in [0.4, 0.5) is 0 Å². The lowest BCUT2D eigenvalue weighted by Gasteiger charge is -2.16. The lowest BCUT2D eigenvalue weighted by molar-refractivity contribution is -0.152. The van der Waals surface area contributed by atoms with Crippen molar-refractivity contribution in [1.29, 1.82) is 0 Å². The van der Waals surface area contributed by atoms with Gasteiger partial charge in [0.1, 0.15) is 6.61 Å². The molecule has 1 heterocycles. The minimum absolute atomic E-state index is 0.0174. The van der Waals surface area contributed by atoms with Crippen LogP contribution in [0.5, 0.6) is 0 Å². The van der Waals surface area contributed by atoms with Gasteiger partial charge in [-0.25, -0.2) is 0 Å².